The van der Waals surface area contributed by atoms with Crippen LogP contribution < -0.4 is 5.11 Å². The number of nitrogens with zero attached hydrogens (tertiary/aromatic N) is 1. The molecule has 1 aromatic rings. The maximum atomic E-state index is 10.7. The van der Waals surface area contributed by atoms with Gasteiger partial charge in [-0.2, -0.15) is 0 Å². The van der Waals surface area contributed by atoms with Gasteiger partial charge in [-0.05, 0) is 17.7 Å². The highest BCUT2D eigenvalue weighted by atomic mass is 35.5. The summed E-state index contributed by atoms with van der Waals surface area (Å²) >= 11 is 5.70. The van der Waals surface area contributed by atoms with Gasteiger partial charge in [-0.15, -0.1) is 0 Å². The summed E-state index contributed by atoms with van der Waals surface area (Å²) in [5, 5.41) is 11.2. The Morgan fingerprint density at radius 2 is 2.00 bits per heavy atom. The molecular formula is C11H9ClNO2-. The molecule has 0 aliphatic heterocycles. The quantitative estimate of drug-likeness (QED) is 0.728. The number of hydrogen-bond donors (Lipinski definition) is 0. The number of halogens is 1. The number of carbonyl (C=O) groups excluding carboxylic acids is 1. The first kappa shape index (κ1) is 11.5. The Kier molecular flexibility index (Phi) is 3.70. The minimum Gasteiger partial charge on any atom is -0.543 e. The summed E-state index contributed by atoms with van der Waals surface area (Å²) in [6.07, 6.45) is 0. The van der Waals surface area contributed by atoms with Crippen molar-refractivity contribution >= 4 is 17.6 Å². The molecule has 4 heteroatoms. The number of rotatable bonds is 3. The van der Waals surface area contributed by atoms with Crippen LogP contribution in [0.1, 0.15) is 18.4 Å². The van der Waals surface area contributed by atoms with Gasteiger partial charge in [0.1, 0.15) is 5.97 Å². The number of carboxylic acids is 1. The molecule has 1 rings (SSSR count). The Morgan fingerprint density at radius 3 is 2.40 bits per heavy atom. The summed E-state index contributed by atoms with van der Waals surface area (Å²) in [7, 11) is 0. The molecule has 0 fully saturated rings. The molecule has 0 radical (unpaired) electrons. The van der Waals surface area contributed by atoms with Gasteiger partial charge in [0.15, 0.2) is 0 Å². The smallest absolute Gasteiger partial charge is 0.269 e. The van der Waals surface area contributed by atoms with Crippen molar-refractivity contribution in [1.82, 2.24) is 0 Å². The zero-order chi connectivity index (χ0) is 11.4. The van der Waals surface area contributed by atoms with Gasteiger partial charge in [-0.1, -0.05) is 30.7 Å². The lowest BCUT2D eigenvalue weighted by atomic mass is 9.94. The van der Waals surface area contributed by atoms with Crippen molar-refractivity contribution in [3.63, 3.8) is 0 Å². The van der Waals surface area contributed by atoms with E-state index in [0.29, 0.717) is 5.02 Å². The topological polar surface area (TPSA) is 44.5 Å². The van der Waals surface area contributed by atoms with Crippen LogP contribution in [0, 0.1) is 6.57 Å². The maximum Gasteiger partial charge on any atom is 0.269 e. The highest BCUT2D eigenvalue weighted by Crippen LogP contribution is 2.22. The van der Waals surface area contributed by atoms with Crippen LogP contribution in [0.15, 0.2) is 24.3 Å². The fraction of sp³-hybridized carbons (Fsp3) is 0.273. The lowest BCUT2D eigenvalue weighted by molar-refractivity contribution is -0.306. The van der Waals surface area contributed by atoms with E-state index in [2.05, 4.69) is 4.85 Å². The molecule has 0 bridgehead atoms. The fourth-order valence-electron chi connectivity index (χ4n) is 1.32. The second kappa shape index (κ2) is 4.81. The van der Waals surface area contributed by atoms with Crippen LogP contribution in [0.5, 0.6) is 0 Å². The Morgan fingerprint density at radius 1 is 1.47 bits per heavy atom. The zero-order valence-electron chi connectivity index (χ0n) is 8.11. The summed E-state index contributed by atoms with van der Waals surface area (Å²) in [4.78, 5) is 13.7. The van der Waals surface area contributed by atoms with Gasteiger partial charge in [0.25, 0.3) is 6.04 Å². The summed E-state index contributed by atoms with van der Waals surface area (Å²) in [5.74, 6) is -1.74. The van der Waals surface area contributed by atoms with Gasteiger partial charge in [0, 0.05) is 5.02 Å². The van der Waals surface area contributed by atoms with E-state index in [1.54, 1.807) is 31.2 Å². The zero-order valence-corrected chi connectivity index (χ0v) is 8.86. The van der Waals surface area contributed by atoms with Crippen molar-refractivity contribution in [2.75, 3.05) is 0 Å². The number of hydrogen-bond acceptors (Lipinski definition) is 2. The highest BCUT2D eigenvalue weighted by Gasteiger charge is 2.24. The molecule has 0 saturated heterocycles. The van der Waals surface area contributed by atoms with Gasteiger partial charge in [-0.25, -0.2) is 6.57 Å². The number of benzene rings is 1. The maximum absolute atomic E-state index is 10.7. The number of carboxylic acid groups (broad SMARTS) is 1. The molecule has 0 heterocycles. The second-order valence-corrected chi connectivity index (χ2v) is 3.67. The molecule has 2 atom stereocenters. The molecule has 2 unspecified atom stereocenters. The van der Waals surface area contributed by atoms with E-state index in [-0.39, 0.29) is 0 Å². The van der Waals surface area contributed by atoms with Gasteiger partial charge < -0.3 is 14.7 Å². The minimum atomic E-state index is -1.34. The molecule has 0 N–H and O–H groups in total. The molecule has 3 nitrogen and oxygen atoms in total. The van der Waals surface area contributed by atoms with E-state index in [4.69, 9.17) is 18.2 Å². The standard InChI is InChI=1S/C11H10ClNO2/c1-7(10(13-2)11(14)15)8-3-5-9(12)6-4-8/h3-7,10H,1H3,(H,14,15)/p-1. The summed E-state index contributed by atoms with van der Waals surface area (Å²) in [5.41, 5.74) is 0.768. The van der Waals surface area contributed by atoms with Gasteiger partial charge in [0.2, 0.25) is 0 Å². The third-order valence-corrected chi connectivity index (χ3v) is 2.50. The molecule has 0 aromatic heterocycles. The highest BCUT2D eigenvalue weighted by molar-refractivity contribution is 6.30. The van der Waals surface area contributed by atoms with Crippen LogP contribution in [0.3, 0.4) is 0 Å². The second-order valence-electron chi connectivity index (χ2n) is 3.23. The van der Waals surface area contributed by atoms with Crippen molar-refractivity contribution in [2.45, 2.75) is 18.9 Å². The van der Waals surface area contributed by atoms with Crippen LogP contribution in [0.4, 0.5) is 0 Å². The summed E-state index contributed by atoms with van der Waals surface area (Å²) < 4.78 is 0. The van der Waals surface area contributed by atoms with Crippen LogP contribution in [0.2, 0.25) is 5.02 Å². The normalized spacial score (nSPS) is 13.9. The van der Waals surface area contributed by atoms with Gasteiger partial charge >= 0.3 is 0 Å². The molecule has 0 saturated carbocycles. The van der Waals surface area contributed by atoms with Gasteiger partial charge in [0.05, 0.1) is 5.92 Å². The largest absolute Gasteiger partial charge is 0.543 e. The Hall–Kier alpha value is -1.53. The predicted molar refractivity (Wildman–Crippen MR) is 55.3 cm³/mol. The average molecular weight is 223 g/mol. The van der Waals surface area contributed by atoms with Crippen LogP contribution in [-0.2, 0) is 4.79 Å². The summed E-state index contributed by atoms with van der Waals surface area (Å²) in [6.45, 7) is 8.47. The van der Waals surface area contributed by atoms with Crippen molar-refractivity contribution in [1.29, 1.82) is 0 Å². The number of aliphatic carboxylic acids is 1. The molecule has 1 aromatic carbocycles. The first-order valence-electron chi connectivity index (χ1n) is 4.39. The third-order valence-electron chi connectivity index (χ3n) is 2.25. The van der Waals surface area contributed by atoms with Crippen molar-refractivity contribution in [3.8, 4) is 0 Å². The molecule has 78 valence electrons. The lowest BCUT2D eigenvalue weighted by Gasteiger charge is -2.14. The third kappa shape index (κ3) is 2.71. The first-order chi connectivity index (χ1) is 7.06. The van der Waals surface area contributed by atoms with Crippen molar-refractivity contribution in [2.24, 2.45) is 0 Å². The lowest BCUT2D eigenvalue weighted by Crippen LogP contribution is -2.36. The van der Waals surface area contributed by atoms with E-state index < -0.39 is 17.9 Å². The first-order valence-corrected chi connectivity index (χ1v) is 4.77. The summed E-state index contributed by atoms with van der Waals surface area (Å²) in [6, 6.07) is 5.63. The van der Waals surface area contributed by atoms with E-state index >= 15 is 0 Å². The van der Waals surface area contributed by atoms with Crippen molar-refractivity contribution < 1.29 is 9.90 Å². The van der Waals surface area contributed by atoms with Crippen LogP contribution >= 0.6 is 11.6 Å². The molecule has 0 spiro atoms. The Balaban J connectivity index is 2.93. The molecule has 0 aliphatic carbocycles. The van der Waals surface area contributed by atoms with E-state index in [9.17, 15) is 9.90 Å². The monoisotopic (exact) mass is 222 g/mol. The van der Waals surface area contributed by atoms with E-state index in [1.807, 2.05) is 0 Å². The minimum absolute atomic E-state index is 0.398. The average Bonchev–Trinajstić information content (AvgIpc) is 2.19. The van der Waals surface area contributed by atoms with Crippen LogP contribution in [0.25, 0.3) is 4.85 Å². The van der Waals surface area contributed by atoms with E-state index in [1.165, 1.54) is 0 Å². The molecular weight excluding hydrogens is 214 g/mol. The Bertz CT molecular complexity index is 394. The van der Waals surface area contributed by atoms with Crippen LogP contribution in [-0.4, -0.2) is 12.0 Å². The van der Waals surface area contributed by atoms with E-state index in [0.717, 1.165) is 5.56 Å². The van der Waals surface area contributed by atoms with Crippen molar-refractivity contribution in [3.05, 3.63) is 46.3 Å². The van der Waals surface area contributed by atoms with Gasteiger partial charge in [-0.3, -0.25) is 0 Å². The molecule has 0 amide bonds. The SMILES string of the molecule is [C-]#[N+]C(C(=O)[O-])C(C)c1ccc(Cl)cc1. The predicted octanol–water partition coefficient (Wildman–Crippen LogP) is 1.48. The molecule has 0 aliphatic rings. The molecule has 15 heavy (non-hydrogen) atoms. The fourth-order valence-corrected chi connectivity index (χ4v) is 1.44. The number of carbonyl (C=O) groups is 1. The Labute approximate surface area is 93.1 Å².